The number of anilines is 1. The number of carbonyl (C=O) groups excluding carboxylic acids is 1. The van der Waals surface area contributed by atoms with E-state index in [1.165, 1.54) is 4.90 Å². The van der Waals surface area contributed by atoms with Crippen LogP contribution in [0.3, 0.4) is 0 Å². The third kappa shape index (κ3) is 2.54. The van der Waals surface area contributed by atoms with Crippen LogP contribution in [0.15, 0.2) is 16.7 Å². The SMILES string of the molecule is Cc1cnc(N2CC(S(=O)(=O)F)CC2=O)c(Br)c1. The Morgan fingerprint density at radius 3 is 2.72 bits per heavy atom. The van der Waals surface area contributed by atoms with Crippen molar-refractivity contribution in [2.75, 3.05) is 11.4 Å². The van der Waals surface area contributed by atoms with Gasteiger partial charge < -0.3 is 0 Å². The molecule has 1 saturated heterocycles. The van der Waals surface area contributed by atoms with Crippen LogP contribution in [-0.2, 0) is 15.0 Å². The molecule has 2 heterocycles. The molecule has 0 aliphatic carbocycles. The van der Waals surface area contributed by atoms with Crippen LogP contribution in [-0.4, -0.2) is 31.1 Å². The summed E-state index contributed by atoms with van der Waals surface area (Å²) in [5.41, 5.74) is 0.895. The number of rotatable bonds is 2. The number of nitrogens with zero attached hydrogens (tertiary/aromatic N) is 2. The number of aryl methyl sites for hydroxylation is 1. The molecule has 0 aromatic carbocycles. The average Bonchev–Trinajstić information content (AvgIpc) is 2.60. The first kappa shape index (κ1) is 13.4. The van der Waals surface area contributed by atoms with Crippen LogP contribution >= 0.6 is 15.9 Å². The zero-order chi connectivity index (χ0) is 13.5. The van der Waals surface area contributed by atoms with Gasteiger partial charge in [-0.05, 0) is 34.5 Å². The molecule has 0 spiro atoms. The van der Waals surface area contributed by atoms with E-state index in [4.69, 9.17) is 0 Å². The minimum Gasteiger partial charge on any atom is -0.294 e. The van der Waals surface area contributed by atoms with Gasteiger partial charge in [0.25, 0.3) is 0 Å². The van der Waals surface area contributed by atoms with Crippen molar-refractivity contribution in [3.05, 3.63) is 22.3 Å². The minimum atomic E-state index is -4.70. The van der Waals surface area contributed by atoms with Crippen molar-refractivity contribution in [3.8, 4) is 0 Å². The number of pyridine rings is 1. The number of carbonyl (C=O) groups is 1. The Morgan fingerprint density at radius 1 is 1.56 bits per heavy atom. The normalized spacial score (nSPS) is 20.5. The highest BCUT2D eigenvalue weighted by Crippen LogP contribution is 2.30. The van der Waals surface area contributed by atoms with Crippen LogP contribution in [0.25, 0.3) is 0 Å². The third-order valence-electron chi connectivity index (χ3n) is 2.70. The molecule has 98 valence electrons. The van der Waals surface area contributed by atoms with Crippen molar-refractivity contribution in [2.45, 2.75) is 18.6 Å². The topological polar surface area (TPSA) is 67.3 Å². The molecule has 1 fully saturated rings. The Labute approximate surface area is 112 Å². The van der Waals surface area contributed by atoms with E-state index in [9.17, 15) is 17.1 Å². The van der Waals surface area contributed by atoms with Gasteiger partial charge in [-0.1, -0.05) is 0 Å². The first-order valence-electron chi connectivity index (χ1n) is 5.15. The predicted octanol–water partition coefficient (Wildman–Crippen LogP) is 1.56. The average molecular weight is 337 g/mol. The smallest absolute Gasteiger partial charge is 0.294 e. The fourth-order valence-corrected chi connectivity index (χ4v) is 3.14. The van der Waals surface area contributed by atoms with Gasteiger partial charge >= 0.3 is 10.2 Å². The van der Waals surface area contributed by atoms with Gasteiger partial charge in [0.05, 0.1) is 4.47 Å². The lowest BCUT2D eigenvalue weighted by molar-refractivity contribution is -0.117. The van der Waals surface area contributed by atoms with E-state index in [0.717, 1.165) is 5.56 Å². The largest absolute Gasteiger partial charge is 0.307 e. The standard InChI is InChI=1S/C10H10BrFN2O3S/c1-6-2-8(11)10(13-4-6)14-5-7(3-9(14)15)18(12,16)17/h2,4,7H,3,5H2,1H3. The summed E-state index contributed by atoms with van der Waals surface area (Å²) in [5.74, 6) is -0.130. The second kappa shape index (κ2) is 4.58. The first-order chi connectivity index (χ1) is 8.29. The monoisotopic (exact) mass is 336 g/mol. The van der Waals surface area contributed by atoms with E-state index in [1.807, 2.05) is 6.92 Å². The van der Waals surface area contributed by atoms with Crippen LogP contribution in [0.5, 0.6) is 0 Å². The van der Waals surface area contributed by atoms with Crippen LogP contribution in [0.2, 0.25) is 0 Å². The van der Waals surface area contributed by atoms with E-state index in [1.54, 1.807) is 12.3 Å². The number of halogens is 2. The van der Waals surface area contributed by atoms with Crippen LogP contribution in [0.1, 0.15) is 12.0 Å². The zero-order valence-corrected chi connectivity index (χ0v) is 11.8. The second-order valence-electron chi connectivity index (χ2n) is 4.12. The molecule has 1 unspecified atom stereocenters. The highest BCUT2D eigenvalue weighted by molar-refractivity contribution is 9.10. The minimum absolute atomic E-state index is 0.202. The molecule has 0 bridgehead atoms. The molecule has 2 rings (SSSR count). The van der Waals surface area contributed by atoms with Gasteiger partial charge in [-0.3, -0.25) is 9.69 Å². The predicted molar refractivity (Wildman–Crippen MR) is 67.5 cm³/mol. The summed E-state index contributed by atoms with van der Waals surface area (Å²) in [6.07, 6.45) is 1.21. The van der Waals surface area contributed by atoms with Crippen molar-refractivity contribution in [3.63, 3.8) is 0 Å². The summed E-state index contributed by atoms with van der Waals surface area (Å²) in [5, 5.41) is -1.31. The first-order valence-corrected chi connectivity index (χ1v) is 7.39. The van der Waals surface area contributed by atoms with Crippen molar-refractivity contribution in [2.24, 2.45) is 0 Å². The molecule has 1 aromatic heterocycles. The maximum absolute atomic E-state index is 12.9. The molecule has 5 nitrogen and oxygen atoms in total. The number of amides is 1. The Balaban J connectivity index is 2.33. The molecule has 1 amide bonds. The van der Waals surface area contributed by atoms with Crippen LogP contribution in [0, 0.1) is 6.92 Å². The Kier molecular flexibility index (Phi) is 3.41. The summed E-state index contributed by atoms with van der Waals surface area (Å²) in [7, 11) is -4.70. The second-order valence-corrected chi connectivity index (χ2v) is 6.60. The fourth-order valence-electron chi connectivity index (χ4n) is 1.79. The number of aromatic nitrogens is 1. The van der Waals surface area contributed by atoms with Crippen LogP contribution < -0.4 is 4.90 Å². The fraction of sp³-hybridized carbons (Fsp3) is 0.400. The summed E-state index contributed by atoms with van der Waals surface area (Å²) >= 11 is 3.26. The lowest BCUT2D eigenvalue weighted by Gasteiger charge is -2.16. The number of hydrogen-bond acceptors (Lipinski definition) is 4. The molecule has 1 atom stereocenters. The maximum atomic E-state index is 12.9. The highest BCUT2D eigenvalue weighted by atomic mass is 79.9. The Bertz CT molecular complexity index is 605. The van der Waals surface area contributed by atoms with Gasteiger partial charge in [0.2, 0.25) is 5.91 Å². The number of hydrogen-bond donors (Lipinski definition) is 0. The highest BCUT2D eigenvalue weighted by Gasteiger charge is 2.40. The van der Waals surface area contributed by atoms with Gasteiger partial charge in [0.15, 0.2) is 0 Å². The van der Waals surface area contributed by atoms with Gasteiger partial charge in [0, 0.05) is 19.2 Å². The summed E-state index contributed by atoms with van der Waals surface area (Å²) in [6.45, 7) is 1.63. The zero-order valence-electron chi connectivity index (χ0n) is 9.43. The van der Waals surface area contributed by atoms with Crippen molar-refractivity contribution >= 4 is 37.9 Å². The van der Waals surface area contributed by atoms with E-state index in [0.29, 0.717) is 10.3 Å². The molecule has 0 radical (unpaired) electrons. The van der Waals surface area contributed by atoms with Crippen LogP contribution in [0.4, 0.5) is 9.70 Å². The van der Waals surface area contributed by atoms with E-state index >= 15 is 0 Å². The van der Waals surface area contributed by atoms with Crippen molar-refractivity contribution in [1.29, 1.82) is 0 Å². The van der Waals surface area contributed by atoms with E-state index in [2.05, 4.69) is 20.9 Å². The quantitative estimate of drug-likeness (QED) is 0.768. The summed E-state index contributed by atoms with van der Waals surface area (Å²) in [6, 6.07) is 1.76. The van der Waals surface area contributed by atoms with Crippen molar-refractivity contribution in [1.82, 2.24) is 4.98 Å². The molecule has 0 N–H and O–H groups in total. The lowest BCUT2D eigenvalue weighted by Crippen LogP contribution is -2.28. The van der Waals surface area contributed by atoms with E-state index in [-0.39, 0.29) is 13.0 Å². The third-order valence-corrected chi connectivity index (χ3v) is 4.40. The Morgan fingerprint density at radius 2 is 2.22 bits per heavy atom. The molecular formula is C10H10BrFN2O3S. The molecule has 8 heteroatoms. The van der Waals surface area contributed by atoms with Gasteiger partial charge in [-0.15, -0.1) is 3.89 Å². The molecule has 0 saturated carbocycles. The summed E-state index contributed by atoms with van der Waals surface area (Å²) in [4.78, 5) is 17.0. The molecular weight excluding hydrogens is 327 g/mol. The van der Waals surface area contributed by atoms with E-state index < -0.39 is 21.4 Å². The van der Waals surface area contributed by atoms with Crippen molar-refractivity contribution < 1.29 is 17.1 Å². The van der Waals surface area contributed by atoms with Gasteiger partial charge in [-0.25, -0.2) is 4.98 Å². The molecule has 1 aromatic rings. The molecule has 18 heavy (non-hydrogen) atoms. The molecule has 1 aliphatic heterocycles. The Hall–Kier alpha value is -1.02. The lowest BCUT2D eigenvalue weighted by atomic mass is 10.3. The summed E-state index contributed by atoms with van der Waals surface area (Å²) < 4.78 is 35.1. The van der Waals surface area contributed by atoms with Gasteiger partial charge in [0.1, 0.15) is 11.1 Å². The maximum Gasteiger partial charge on any atom is 0.307 e. The molecule has 1 aliphatic rings. The van der Waals surface area contributed by atoms with Gasteiger partial charge in [-0.2, -0.15) is 8.42 Å².